The standard InChI is InChI=1S/C18H21N3S/c1-13-16-15(11-19-17(20-16)22-2)18(9-6-10-18)21(13)12-14-7-4-3-5-8-14/h3-5,7-8,11,13H,6,9-10,12H2,1-2H3. The van der Waals surface area contributed by atoms with E-state index in [1.54, 1.807) is 11.8 Å². The molecule has 0 saturated heterocycles. The van der Waals surface area contributed by atoms with Gasteiger partial charge in [-0.1, -0.05) is 42.1 Å². The highest BCUT2D eigenvalue weighted by molar-refractivity contribution is 7.98. The average Bonchev–Trinajstić information content (AvgIpc) is 2.77. The summed E-state index contributed by atoms with van der Waals surface area (Å²) in [4.78, 5) is 12.0. The summed E-state index contributed by atoms with van der Waals surface area (Å²) in [6.45, 7) is 3.29. The van der Waals surface area contributed by atoms with Gasteiger partial charge in [-0.25, -0.2) is 9.97 Å². The lowest BCUT2D eigenvalue weighted by atomic mass is 9.72. The fraction of sp³-hybridized carbons (Fsp3) is 0.444. The van der Waals surface area contributed by atoms with Gasteiger partial charge in [0.05, 0.1) is 17.3 Å². The number of benzene rings is 1. The first-order chi connectivity index (χ1) is 10.7. The van der Waals surface area contributed by atoms with Gasteiger partial charge < -0.3 is 0 Å². The molecule has 1 unspecified atom stereocenters. The van der Waals surface area contributed by atoms with Crippen LogP contribution in [0.15, 0.2) is 41.7 Å². The van der Waals surface area contributed by atoms with Crippen molar-refractivity contribution in [2.45, 2.75) is 49.5 Å². The van der Waals surface area contributed by atoms with Crippen LogP contribution in [0, 0.1) is 0 Å². The summed E-state index contributed by atoms with van der Waals surface area (Å²) in [6.07, 6.45) is 7.91. The third-order valence-corrected chi connectivity index (χ3v) is 5.83. The third kappa shape index (κ3) is 2.01. The Hall–Kier alpha value is -1.39. The fourth-order valence-corrected chi connectivity index (χ4v) is 4.31. The Balaban J connectivity index is 1.73. The summed E-state index contributed by atoms with van der Waals surface area (Å²) in [5.41, 5.74) is 4.18. The van der Waals surface area contributed by atoms with Crippen LogP contribution in [0.4, 0.5) is 0 Å². The number of rotatable bonds is 3. The van der Waals surface area contributed by atoms with Crippen molar-refractivity contribution in [2.75, 3.05) is 6.26 Å². The monoisotopic (exact) mass is 311 g/mol. The molecule has 1 aliphatic heterocycles. The van der Waals surface area contributed by atoms with Crippen LogP contribution in [0.2, 0.25) is 0 Å². The van der Waals surface area contributed by atoms with Crippen molar-refractivity contribution in [3.8, 4) is 0 Å². The Labute approximate surface area is 136 Å². The molecular formula is C18H21N3S. The molecular weight excluding hydrogens is 290 g/mol. The van der Waals surface area contributed by atoms with Crippen LogP contribution in [0.5, 0.6) is 0 Å². The van der Waals surface area contributed by atoms with Gasteiger partial charge in [-0.05, 0) is 38.0 Å². The van der Waals surface area contributed by atoms with E-state index in [2.05, 4.69) is 53.3 Å². The summed E-state index contributed by atoms with van der Waals surface area (Å²) >= 11 is 1.63. The second-order valence-electron chi connectivity index (χ2n) is 6.33. The first-order valence-corrected chi connectivity index (χ1v) is 9.19. The minimum absolute atomic E-state index is 0.182. The first-order valence-electron chi connectivity index (χ1n) is 7.97. The quantitative estimate of drug-likeness (QED) is 0.629. The van der Waals surface area contributed by atoms with Crippen LogP contribution in [0.3, 0.4) is 0 Å². The lowest BCUT2D eigenvalue weighted by molar-refractivity contribution is -0.00300. The van der Waals surface area contributed by atoms with Crippen LogP contribution < -0.4 is 0 Å². The molecule has 1 aromatic heterocycles. The Bertz CT molecular complexity index is 682. The normalized spacial score (nSPS) is 22.5. The lowest BCUT2D eigenvalue weighted by Gasteiger charge is -2.47. The molecule has 1 saturated carbocycles. The zero-order chi connectivity index (χ0) is 15.2. The topological polar surface area (TPSA) is 29.0 Å². The van der Waals surface area contributed by atoms with Crippen molar-refractivity contribution < 1.29 is 0 Å². The van der Waals surface area contributed by atoms with E-state index in [1.165, 1.54) is 36.1 Å². The Kier molecular flexibility index (Phi) is 3.46. The molecule has 2 aliphatic rings. The molecule has 1 aromatic carbocycles. The molecule has 0 amide bonds. The van der Waals surface area contributed by atoms with Gasteiger partial charge in [0.15, 0.2) is 5.16 Å². The largest absolute Gasteiger partial charge is 0.281 e. The second-order valence-corrected chi connectivity index (χ2v) is 7.10. The molecule has 1 atom stereocenters. The molecule has 0 bridgehead atoms. The predicted molar refractivity (Wildman–Crippen MR) is 89.7 cm³/mol. The number of aromatic nitrogens is 2. The van der Waals surface area contributed by atoms with Gasteiger partial charge in [-0.3, -0.25) is 4.90 Å². The maximum absolute atomic E-state index is 4.83. The summed E-state index contributed by atoms with van der Waals surface area (Å²) in [7, 11) is 0. The van der Waals surface area contributed by atoms with Crippen LogP contribution >= 0.6 is 11.8 Å². The number of fused-ring (bicyclic) bond motifs is 2. The van der Waals surface area contributed by atoms with Gasteiger partial charge in [-0.2, -0.15) is 0 Å². The maximum atomic E-state index is 4.83. The number of hydrogen-bond donors (Lipinski definition) is 0. The van der Waals surface area contributed by atoms with Crippen molar-refractivity contribution in [2.24, 2.45) is 0 Å². The van der Waals surface area contributed by atoms with Crippen LogP contribution in [-0.2, 0) is 12.1 Å². The van der Waals surface area contributed by atoms with E-state index >= 15 is 0 Å². The maximum Gasteiger partial charge on any atom is 0.187 e. The van der Waals surface area contributed by atoms with Crippen molar-refractivity contribution in [1.29, 1.82) is 0 Å². The summed E-state index contributed by atoms with van der Waals surface area (Å²) < 4.78 is 0. The Morgan fingerprint density at radius 2 is 2.05 bits per heavy atom. The van der Waals surface area contributed by atoms with Crippen molar-refractivity contribution in [1.82, 2.24) is 14.9 Å². The molecule has 1 fully saturated rings. The fourth-order valence-electron chi connectivity index (χ4n) is 3.96. The summed E-state index contributed by atoms with van der Waals surface area (Å²) in [5.74, 6) is 0. The number of nitrogens with zero attached hydrogens (tertiary/aromatic N) is 3. The molecule has 0 radical (unpaired) electrons. The van der Waals surface area contributed by atoms with Gasteiger partial charge in [0, 0.05) is 18.3 Å². The molecule has 114 valence electrons. The van der Waals surface area contributed by atoms with Crippen LogP contribution in [0.1, 0.15) is 49.0 Å². The molecule has 4 heteroatoms. The molecule has 2 aromatic rings. The SMILES string of the molecule is CSc1ncc2c(n1)C(C)N(Cc1ccccc1)C21CCC1. The summed E-state index contributed by atoms with van der Waals surface area (Å²) in [5, 5.41) is 0.890. The van der Waals surface area contributed by atoms with E-state index in [0.717, 1.165) is 11.7 Å². The van der Waals surface area contributed by atoms with E-state index in [0.29, 0.717) is 6.04 Å². The molecule has 4 rings (SSSR count). The predicted octanol–water partition coefficient (Wildman–Crippen LogP) is 4.15. The van der Waals surface area contributed by atoms with Gasteiger partial charge in [0.25, 0.3) is 0 Å². The van der Waals surface area contributed by atoms with E-state index in [9.17, 15) is 0 Å². The van der Waals surface area contributed by atoms with Gasteiger partial charge in [-0.15, -0.1) is 0 Å². The minimum atomic E-state index is 0.182. The number of thioether (sulfide) groups is 1. The van der Waals surface area contributed by atoms with Gasteiger partial charge in [0.1, 0.15) is 0 Å². The smallest absolute Gasteiger partial charge is 0.187 e. The summed E-state index contributed by atoms with van der Waals surface area (Å²) in [6, 6.07) is 11.2. The van der Waals surface area contributed by atoms with Crippen LogP contribution in [0.25, 0.3) is 0 Å². The third-order valence-electron chi connectivity index (χ3n) is 5.27. The second kappa shape index (κ2) is 5.36. The zero-order valence-corrected chi connectivity index (χ0v) is 13.9. The van der Waals surface area contributed by atoms with E-state index in [-0.39, 0.29) is 5.54 Å². The highest BCUT2D eigenvalue weighted by Crippen LogP contribution is 2.56. The van der Waals surface area contributed by atoms with E-state index < -0.39 is 0 Å². The highest BCUT2D eigenvalue weighted by Gasteiger charge is 2.53. The van der Waals surface area contributed by atoms with Crippen LogP contribution in [-0.4, -0.2) is 21.1 Å². The van der Waals surface area contributed by atoms with Crippen molar-refractivity contribution in [3.63, 3.8) is 0 Å². The number of hydrogen-bond acceptors (Lipinski definition) is 4. The molecule has 1 spiro atoms. The Morgan fingerprint density at radius 3 is 2.68 bits per heavy atom. The lowest BCUT2D eigenvalue weighted by Crippen LogP contribution is -2.47. The van der Waals surface area contributed by atoms with Gasteiger partial charge in [0.2, 0.25) is 0 Å². The molecule has 2 heterocycles. The first kappa shape index (κ1) is 14.2. The average molecular weight is 311 g/mol. The van der Waals surface area contributed by atoms with E-state index in [1.807, 2.05) is 6.26 Å². The van der Waals surface area contributed by atoms with Gasteiger partial charge >= 0.3 is 0 Å². The zero-order valence-electron chi connectivity index (χ0n) is 13.1. The van der Waals surface area contributed by atoms with E-state index in [4.69, 9.17) is 4.98 Å². The molecule has 0 N–H and O–H groups in total. The minimum Gasteiger partial charge on any atom is -0.281 e. The van der Waals surface area contributed by atoms with Crippen molar-refractivity contribution >= 4 is 11.8 Å². The van der Waals surface area contributed by atoms with Crippen molar-refractivity contribution in [3.05, 3.63) is 53.3 Å². The molecule has 1 aliphatic carbocycles. The molecule has 22 heavy (non-hydrogen) atoms. The highest BCUT2D eigenvalue weighted by atomic mass is 32.2. The molecule has 3 nitrogen and oxygen atoms in total. The Morgan fingerprint density at radius 1 is 1.27 bits per heavy atom.